The van der Waals surface area contributed by atoms with Gasteiger partial charge in [0.25, 0.3) is 5.91 Å². The second kappa shape index (κ2) is 6.81. The lowest BCUT2D eigenvalue weighted by Crippen LogP contribution is -2.26. The lowest BCUT2D eigenvalue weighted by molar-refractivity contribution is 0.0940. The van der Waals surface area contributed by atoms with Crippen LogP contribution in [0.3, 0.4) is 0 Å². The second-order valence-corrected chi connectivity index (χ2v) is 5.92. The van der Waals surface area contributed by atoms with Crippen LogP contribution < -0.4 is 10.1 Å². The van der Waals surface area contributed by atoms with Gasteiger partial charge >= 0.3 is 0 Å². The highest BCUT2D eigenvalue weighted by atomic mass is 16.5. The zero-order valence-corrected chi connectivity index (χ0v) is 14.4. The van der Waals surface area contributed by atoms with Crippen LogP contribution in [0.4, 0.5) is 0 Å². The molecule has 1 aromatic heterocycles. The molecule has 25 heavy (non-hydrogen) atoms. The minimum atomic E-state index is -0.227. The number of carbonyl (C=O) groups excluding carboxylic acids is 2. The molecular weight excluding hydrogens is 316 g/mol. The lowest BCUT2D eigenvalue weighted by Gasteiger charge is -2.14. The van der Waals surface area contributed by atoms with Crippen molar-refractivity contribution >= 4 is 22.7 Å². The number of methoxy groups -OCH3 is 1. The van der Waals surface area contributed by atoms with Gasteiger partial charge in [0.15, 0.2) is 0 Å². The zero-order valence-electron chi connectivity index (χ0n) is 14.4. The number of nitrogens with one attached hydrogen (secondary N) is 1. The van der Waals surface area contributed by atoms with Crippen molar-refractivity contribution in [1.82, 2.24) is 9.88 Å². The van der Waals surface area contributed by atoms with Crippen molar-refractivity contribution in [2.45, 2.75) is 19.9 Å². The third-order valence-corrected chi connectivity index (χ3v) is 4.24. The minimum absolute atomic E-state index is 0.143. The summed E-state index contributed by atoms with van der Waals surface area (Å²) in [6, 6.07) is 14.9. The number of carbonyl (C=O) groups is 2. The van der Waals surface area contributed by atoms with Gasteiger partial charge in [0.1, 0.15) is 5.75 Å². The van der Waals surface area contributed by atoms with E-state index in [0.29, 0.717) is 22.2 Å². The topological polar surface area (TPSA) is 60.3 Å². The Morgan fingerprint density at radius 1 is 1.12 bits per heavy atom. The number of nitrogens with zero attached hydrogens (tertiary/aromatic N) is 1. The van der Waals surface area contributed by atoms with Crippen molar-refractivity contribution in [1.29, 1.82) is 0 Å². The molecule has 5 nitrogen and oxygen atoms in total. The van der Waals surface area contributed by atoms with Crippen LogP contribution in [-0.2, 0) is 0 Å². The third kappa shape index (κ3) is 3.26. The monoisotopic (exact) mass is 336 g/mol. The van der Waals surface area contributed by atoms with E-state index < -0.39 is 0 Å². The summed E-state index contributed by atoms with van der Waals surface area (Å²) in [5, 5.41) is 3.68. The standard InChI is InChI=1S/C20H20N2O3/c1-13(15-7-5-4-6-8-15)21-20(24)18-12-22(14(2)23)19-10-9-16(25-3)11-17(18)19/h4-13H,1-3H3,(H,21,24). The van der Waals surface area contributed by atoms with Crippen LogP contribution >= 0.6 is 0 Å². The molecule has 1 heterocycles. The molecule has 3 aromatic rings. The summed E-state index contributed by atoms with van der Waals surface area (Å²) >= 11 is 0. The Labute approximate surface area is 146 Å². The van der Waals surface area contributed by atoms with E-state index in [1.165, 1.54) is 11.5 Å². The maximum atomic E-state index is 12.8. The van der Waals surface area contributed by atoms with E-state index in [9.17, 15) is 9.59 Å². The smallest absolute Gasteiger partial charge is 0.253 e. The molecule has 0 aliphatic heterocycles. The molecule has 128 valence electrons. The number of hydrogen-bond acceptors (Lipinski definition) is 3. The van der Waals surface area contributed by atoms with E-state index in [2.05, 4.69) is 5.32 Å². The first-order chi connectivity index (χ1) is 12.0. The largest absolute Gasteiger partial charge is 0.497 e. The molecule has 1 atom stereocenters. The molecular formula is C20H20N2O3. The molecule has 3 rings (SSSR count). The van der Waals surface area contributed by atoms with Crippen LogP contribution in [0.2, 0.25) is 0 Å². The van der Waals surface area contributed by atoms with Gasteiger partial charge in [-0.2, -0.15) is 0 Å². The minimum Gasteiger partial charge on any atom is -0.497 e. The first-order valence-electron chi connectivity index (χ1n) is 8.07. The van der Waals surface area contributed by atoms with Gasteiger partial charge in [0, 0.05) is 18.5 Å². The van der Waals surface area contributed by atoms with Gasteiger partial charge in [-0.25, -0.2) is 0 Å². The number of fused-ring (bicyclic) bond motifs is 1. The summed E-state index contributed by atoms with van der Waals surface area (Å²) in [5.41, 5.74) is 2.15. The van der Waals surface area contributed by atoms with Crippen LogP contribution in [0.15, 0.2) is 54.7 Å². The molecule has 5 heteroatoms. The Hall–Kier alpha value is -3.08. The van der Waals surface area contributed by atoms with E-state index >= 15 is 0 Å². The highest BCUT2D eigenvalue weighted by Crippen LogP contribution is 2.26. The van der Waals surface area contributed by atoms with E-state index in [0.717, 1.165) is 5.56 Å². The number of amides is 1. The molecule has 0 saturated heterocycles. The molecule has 0 spiro atoms. The van der Waals surface area contributed by atoms with Crippen LogP contribution in [0.1, 0.15) is 40.6 Å². The summed E-state index contributed by atoms with van der Waals surface area (Å²) < 4.78 is 6.73. The van der Waals surface area contributed by atoms with Crippen molar-refractivity contribution in [3.63, 3.8) is 0 Å². The van der Waals surface area contributed by atoms with E-state index in [4.69, 9.17) is 4.74 Å². The Kier molecular flexibility index (Phi) is 4.57. The van der Waals surface area contributed by atoms with E-state index in [-0.39, 0.29) is 17.9 Å². The third-order valence-electron chi connectivity index (χ3n) is 4.24. The maximum absolute atomic E-state index is 12.8. The summed E-state index contributed by atoms with van der Waals surface area (Å²) in [7, 11) is 1.57. The molecule has 1 unspecified atom stereocenters. The summed E-state index contributed by atoms with van der Waals surface area (Å²) in [5.74, 6) is 0.263. The lowest BCUT2D eigenvalue weighted by atomic mass is 10.1. The Morgan fingerprint density at radius 2 is 1.84 bits per heavy atom. The second-order valence-electron chi connectivity index (χ2n) is 5.92. The highest BCUT2D eigenvalue weighted by molar-refractivity contribution is 6.09. The van der Waals surface area contributed by atoms with Gasteiger partial charge in [-0.3, -0.25) is 14.2 Å². The van der Waals surface area contributed by atoms with Gasteiger partial charge in [-0.1, -0.05) is 30.3 Å². The number of rotatable bonds is 4. The van der Waals surface area contributed by atoms with Gasteiger partial charge in [0.2, 0.25) is 5.91 Å². The summed E-state index contributed by atoms with van der Waals surface area (Å²) in [4.78, 5) is 24.7. The summed E-state index contributed by atoms with van der Waals surface area (Å²) in [6.45, 7) is 3.40. The molecule has 0 radical (unpaired) electrons. The van der Waals surface area contributed by atoms with Crippen molar-refractivity contribution in [3.05, 3.63) is 65.9 Å². The average Bonchev–Trinajstić information content (AvgIpc) is 3.01. The van der Waals surface area contributed by atoms with Gasteiger partial charge in [-0.05, 0) is 30.7 Å². The average molecular weight is 336 g/mol. The van der Waals surface area contributed by atoms with Crippen molar-refractivity contribution in [3.8, 4) is 5.75 Å². The van der Waals surface area contributed by atoms with E-state index in [1.54, 1.807) is 31.5 Å². The fourth-order valence-corrected chi connectivity index (χ4v) is 2.88. The fraction of sp³-hybridized carbons (Fsp3) is 0.200. The predicted molar refractivity (Wildman–Crippen MR) is 97.1 cm³/mol. The van der Waals surface area contributed by atoms with Crippen LogP contribution in [0, 0.1) is 0 Å². The molecule has 1 amide bonds. The quantitative estimate of drug-likeness (QED) is 0.788. The first-order valence-corrected chi connectivity index (χ1v) is 8.07. The maximum Gasteiger partial charge on any atom is 0.253 e. The van der Waals surface area contributed by atoms with Crippen molar-refractivity contribution in [2.75, 3.05) is 7.11 Å². The molecule has 2 aromatic carbocycles. The Balaban J connectivity index is 1.99. The molecule has 0 fully saturated rings. The number of hydrogen-bond donors (Lipinski definition) is 1. The van der Waals surface area contributed by atoms with Crippen molar-refractivity contribution in [2.24, 2.45) is 0 Å². The van der Waals surface area contributed by atoms with Crippen LogP contribution in [0.5, 0.6) is 5.75 Å². The Bertz CT molecular complexity index is 929. The van der Waals surface area contributed by atoms with Gasteiger partial charge < -0.3 is 10.1 Å². The van der Waals surface area contributed by atoms with Crippen molar-refractivity contribution < 1.29 is 14.3 Å². The molecule has 1 N–H and O–H groups in total. The van der Waals surface area contributed by atoms with Crippen LogP contribution in [-0.4, -0.2) is 23.5 Å². The molecule has 0 aliphatic carbocycles. The van der Waals surface area contributed by atoms with E-state index in [1.807, 2.05) is 37.3 Å². The number of aromatic nitrogens is 1. The number of benzene rings is 2. The van der Waals surface area contributed by atoms with Crippen LogP contribution in [0.25, 0.3) is 10.9 Å². The molecule has 0 aliphatic rings. The Morgan fingerprint density at radius 3 is 2.48 bits per heavy atom. The highest BCUT2D eigenvalue weighted by Gasteiger charge is 2.19. The summed E-state index contributed by atoms with van der Waals surface area (Å²) in [6.07, 6.45) is 1.58. The zero-order chi connectivity index (χ0) is 18.0. The SMILES string of the molecule is COc1ccc2c(c1)c(C(=O)NC(C)c1ccccc1)cn2C(C)=O. The molecule has 0 bridgehead atoms. The predicted octanol–water partition coefficient (Wildman–Crippen LogP) is 3.80. The van der Waals surface area contributed by atoms with Gasteiger partial charge in [-0.15, -0.1) is 0 Å². The normalized spacial score (nSPS) is 12.0. The fourth-order valence-electron chi connectivity index (χ4n) is 2.88. The molecule has 0 saturated carbocycles. The number of ether oxygens (including phenoxy) is 1. The first kappa shape index (κ1) is 16.8. The van der Waals surface area contributed by atoms with Gasteiger partial charge in [0.05, 0.1) is 24.2 Å².